The number of carbonyl (C=O) groups excluding carboxylic acids is 1. The maximum Gasteiger partial charge on any atom is 0.522 e. The summed E-state index contributed by atoms with van der Waals surface area (Å²) >= 11 is 0. The Labute approximate surface area is 99.8 Å². The first kappa shape index (κ1) is 16.4. The molecule has 6 nitrogen and oxygen atoms in total. The molecule has 0 saturated heterocycles. The average molecular weight is 287 g/mol. The molecular formula is C8H8F3NO5S. The lowest BCUT2D eigenvalue weighted by molar-refractivity contribution is -0.0510. The third-order valence-corrected chi connectivity index (χ3v) is 2.01. The highest BCUT2D eigenvalue weighted by molar-refractivity contribution is 7.86. The lowest BCUT2D eigenvalue weighted by Crippen LogP contribution is -2.21. The van der Waals surface area contributed by atoms with Gasteiger partial charge in [0.2, 0.25) is 0 Å². The molecule has 0 atom stereocenters. The molecule has 1 aromatic carbocycles. The van der Waals surface area contributed by atoms with E-state index in [1.807, 2.05) is 0 Å². The van der Waals surface area contributed by atoms with Crippen LogP contribution in [0.3, 0.4) is 0 Å². The van der Waals surface area contributed by atoms with Gasteiger partial charge in [0, 0.05) is 5.56 Å². The fourth-order valence-electron chi connectivity index (χ4n) is 0.654. The van der Waals surface area contributed by atoms with Crippen molar-refractivity contribution in [2.75, 3.05) is 0 Å². The van der Waals surface area contributed by atoms with E-state index >= 15 is 0 Å². The molecule has 0 aromatic heterocycles. The fourth-order valence-corrected chi connectivity index (χ4v) is 0.654. The summed E-state index contributed by atoms with van der Waals surface area (Å²) in [7, 11) is -5.84. The van der Waals surface area contributed by atoms with E-state index in [1.54, 1.807) is 35.8 Å². The molecule has 1 amide bonds. The van der Waals surface area contributed by atoms with Gasteiger partial charge in [-0.1, -0.05) is 18.2 Å². The van der Waals surface area contributed by atoms with E-state index < -0.39 is 21.5 Å². The van der Waals surface area contributed by atoms with Gasteiger partial charge in [0.05, 0.1) is 0 Å². The summed E-state index contributed by atoms with van der Waals surface area (Å²) in [5, 5.41) is 8.19. The number of rotatable bonds is 1. The summed E-state index contributed by atoms with van der Waals surface area (Å²) in [5.74, 6) is -0.486. The van der Waals surface area contributed by atoms with Crippen LogP contribution in [-0.2, 0) is 10.1 Å². The van der Waals surface area contributed by atoms with Crippen molar-refractivity contribution < 1.29 is 36.1 Å². The fraction of sp³-hybridized carbons (Fsp3) is 0.125. The van der Waals surface area contributed by atoms with E-state index in [2.05, 4.69) is 0 Å². The molecule has 102 valence electrons. The zero-order chi connectivity index (χ0) is 14.4. The Morgan fingerprint density at radius 3 is 1.83 bits per heavy atom. The van der Waals surface area contributed by atoms with Crippen molar-refractivity contribution in [1.82, 2.24) is 5.48 Å². The first-order valence-corrected chi connectivity index (χ1v) is 5.57. The molecule has 0 unspecified atom stereocenters. The molecule has 18 heavy (non-hydrogen) atoms. The van der Waals surface area contributed by atoms with Crippen LogP contribution in [0.5, 0.6) is 0 Å². The Balaban J connectivity index is 0.000000331. The van der Waals surface area contributed by atoms with Gasteiger partial charge in [-0.2, -0.15) is 21.6 Å². The zero-order valence-corrected chi connectivity index (χ0v) is 9.36. The van der Waals surface area contributed by atoms with E-state index in [1.165, 1.54) is 0 Å². The smallest absolute Gasteiger partial charge is 0.288 e. The summed E-state index contributed by atoms with van der Waals surface area (Å²) in [6.07, 6.45) is 0. The average Bonchev–Trinajstić information content (AvgIpc) is 2.27. The molecule has 3 N–H and O–H groups in total. The Kier molecular flexibility index (Phi) is 5.75. The van der Waals surface area contributed by atoms with Crippen LogP contribution in [-0.4, -0.2) is 29.6 Å². The third kappa shape index (κ3) is 5.61. The summed E-state index contributed by atoms with van der Waals surface area (Å²) < 4.78 is 57.5. The van der Waals surface area contributed by atoms with Crippen molar-refractivity contribution in [3.8, 4) is 0 Å². The minimum absolute atomic E-state index is 0.449. The Bertz CT molecular complexity index is 485. The van der Waals surface area contributed by atoms with Crippen molar-refractivity contribution in [3.63, 3.8) is 0 Å². The highest BCUT2D eigenvalue weighted by Crippen LogP contribution is 2.20. The monoisotopic (exact) mass is 287 g/mol. The van der Waals surface area contributed by atoms with Crippen molar-refractivity contribution in [3.05, 3.63) is 35.9 Å². The van der Waals surface area contributed by atoms with Gasteiger partial charge < -0.3 is 0 Å². The maximum absolute atomic E-state index is 10.7. The predicted molar refractivity (Wildman–Crippen MR) is 53.3 cm³/mol. The molecule has 0 radical (unpaired) electrons. The van der Waals surface area contributed by atoms with E-state index in [0.717, 1.165) is 0 Å². The molecule has 0 aliphatic heterocycles. The Morgan fingerprint density at radius 2 is 1.56 bits per heavy atom. The van der Waals surface area contributed by atoms with Crippen LogP contribution < -0.4 is 5.48 Å². The third-order valence-electron chi connectivity index (χ3n) is 1.43. The topological polar surface area (TPSA) is 104 Å². The van der Waals surface area contributed by atoms with Gasteiger partial charge >= 0.3 is 15.6 Å². The second kappa shape index (κ2) is 6.33. The first-order valence-electron chi connectivity index (χ1n) is 4.13. The molecule has 0 aliphatic rings. The number of carbonyl (C=O) groups is 1. The normalized spacial score (nSPS) is 11.2. The highest BCUT2D eigenvalue weighted by atomic mass is 32.2. The lowest BCUT2D eigenvalue weighted by Gasteiger charge is -1.97. The van der Waals surface area contributed by atoms with Gasteiger partial charge in [-0.05, 0) is 12.1 Å². The van der Waals surface area contributed by atoms with E-state index in [0.29, 0.717) is 5.56 Å². The molecule has 0 aliphatic carbocycles. The summed E-state index contributed by atoms with van der Waals surface area (Å²) in [6, 6.07) is 8.49. The van der Waals surface area contributed by atoms with E-state index in [9.17, 15) is 18.0 Å². The van der Waals surface area contributed by atoms with Crippen molar-refractivity contribution >= 4 is 16.0 Å². The molecule has 0 heterocycles. The van der Waals surface area contributed by atoms with Crippen LogP contribution >= 0.6 is 0 Å². The first-order chi connectivity index (χ1) is 8.09. The molecule has 0 fully saturated rings. The summed E-state index contributed by atoms with van der Waals surface area (Å²) in [6.45, 7) is 0. The van der Waals surface area contributed by atoms with Crippen molar-refractivity contribution in [1.29, 1.82) is 0 Å². The van der Waals surface area contributed by atoms with Crippen molar-refractivity contribution in [2.45, 2.75) is 5.51 Å². The predicted octanol–water partition coefficient (Wildman–Crippen LogP) is 1.20. The number of benzene rings is 1. The number of alkyl halides is 3. The lowest BCUT2D eigenvalue weighted by atomic mass is 10.2. The van der Waals surface area contributed by atoms with Gasteiger partial charge in [0.1, 0.15) is 0 Å². The number of nitrogens with one attached hydrogen (secondary N) is 1. The SMILES string of the molecule is O=C(NO)c1ccccc1.O=S(=O)(O)C(F)(F)F. The minimum Gasteiger partial charge on any atom is -0.288 e. The number of hydrogen-bond donors (Lipinski definition) is 3. The summed E-state index contributed by atoms with van der Waals surface area (Å²) in [4.78, 5) is 10.7. The molecule has 0 saturated carbocycles. The van der Waals surface area contributed by atoms with Crippen LogP contribution in [0.25, 0.3) is 0 Å². The van der Waals surface area contributed by atoms with Crippen molar-refractivity contribution in [2.24, 2.45) is 0 Å². The standard InChI is InChI=1S/C7H7NO2.CHF3O3S/c9-7(8-10)6-4-2-1-3-5-6;2-1(3,4)8(5,6)7/h1-5,10H,(H,8,9);(H,5,6,7). The highest BCUT2D eigenvalue weighted by Gasteiger charge is 2.44. The largest absolute Gasteiger partial charge is 0.522 e. The molecule has 1 rings (SSSR count). The maximum atomic E-state index is 10.7. The van der Waals surface area contributed by atoms with Gasteiger partial charge in [-0.3, -0.25) is 14.6 Å². The van der Waals surface area contributed by atoms with Crippen LogP contribution in [0.15, 0.2) is 30.3 Å². The number of halogens is 3. The second-order valence-electron chi connectivity index (χ2n) is 2.73. The molecule has 10 heteroatoms. The Morgan fingerprint density at radius 1 is 1.17 bits per heavy atom. The molecule has 0 bridgehead atoms. The molecular weight excluding hydrogens is 279 g/mol. The second-order valence-corrected chi connectivity index (χ2v) is 4.14. The molecule has 0 spiro atoms. The molecule has 1 aromatic rings. The van der Waals surface area contributed by atoms with Gasteiger partial charge in [-0.25, -0.2) is 5.48 Å². The van der Waals surface area contributed by atoms with Gasteiger partial charge in [0.15, 0.2) is 0 Å². The Hall–Kier alpha value is -1.65. The number of hydroxylamine groups is 1. The number of hydrogen-bond acceptors (Lipinski definition) is 4. The van der Waals surface area contributed by atoms with E-state index in [-0.39, 0.29) is 0 Å². The minimum atomic E-state index is -5.84. The van der Waals surface area contributed by atoms with Crippen LogP contribution in [0.4, 0.5) is 13.2 Å². The quantitative estimate of drug-likeness (QED) is 0.311. The summed E-state index contributed by atoms with van der Waals surface area (Å²) in [5.41, 5.74) is -3.54. The van der Waals surface area contributed by atoms with Crippen LogP contribution in [0.2, 0.25) is 0 Å². The number of amides is 1. The van der Waals surface area contributed by atoms with Gasteiger partial charge in [-0.15, -0.1) is 0 Å². The van der Waals surface area contributed by atoms with Crippen LogP contribution in [0.1, 0.15) is 10.4 Å². The van der Waals surface area contributed by atoms with Crippen LogP contribution in [0, 0.1) is 0 Å². The van der Waals surface area contributed by atoms with E-state index in [4.69, 9.17) is 18.2 Å². The van der Waals surface area contributed by atoms with Gasteiger partial charge in [0.25, 0.3) is 5.91 Å². The zero-order valence-electron chi connectivity index (χ0n) is 8.55.